The fourth-order valence-electron chi connectivity index (χ4n) is 10.3. The van der Waals surface area contributed by atoms with Crippen molar-refractivity contribution in [2.45, 2.75) is 288 Å². The van der Waals surface area contributed by atoms with Crippen LogP contribution in [-0.2, 0) is 69.2 Å². The van der Waals surface area contributed by atoms with E-state index in [1.807, 2.05) is 311 Å². The summed E-state index contributed by atoms with van der Waals surface area (Å²) in [6.45, 7) is 71.1. The van der Waals surface area contributed by atoms with E-state index in [-0.39, 0.29) is 41.4 Å². The number of benzene rings is 9. The molecule has 123 heavy (non-hydrogen) atoms. The molecule has 9 aromatic rings. The van der Waals surface area contributed by atoms with Gasteiger partial charge >= 0.3 is 5.97 Å². The molecule has 0 heterocycles. The Morgan fingerprint density at radius 1 is 0.301 bits per heavy atom. The third-order valence-electron chi connectivity index (χ3n) is 15.8. The summed E-state index contributed by atoms with van der Waals surface area (Å²) in [7, 11) is 1.41. The smallest absolute Gasteiger partial charge is 0.308 e. The Hall–Kier alpha value is -11.0. The van der Waals surface area contributed by atoms with Crippen LogP contribution in [0.1, 0.15) is 296 Å². The molecule has 0 aromatic heterocycles. The summed E-state index contributed by atoms with van der Waals surface area (Å²) in [4.78, 5) is 84.4. The predicted molar refractivity (Wildman–Crippen MR) is 531 cm³/mol. The number of rotatable bonds is 19. The first-order chi connectivity index (χ1) is 59.0. The zero-order valence-corrected chi connectivity index (χ0v) is 83.2. The molecule has 0 aliphatic heterocycles. The molecule has 0 spiro atoms. The van der Waals surface area contributed by atoms with Crippen LogP contribution in [0, 0.1) is 61.3 Å². The van der Waals surface area contributed by atoms with Gasteiger partial charge in [0.05, 0.1) is 13.0 Å². The highest BCUT2D eigenvalue weighted by Gasteiger charge is 2.15. The summed E-state index contributed by atoms with van der Waals surface area (Å²) in [5, 5.41) is 14.1. The van der Waals surface area contributed by atoms with E-state index in [9.17, 15) is 28.8 Å². The third kappa shape index (κ3) is 57.9. The van der Waals surface area contributed by atoms with Crippen molar-refractivity contribution in [3.05, 3.63) is 271 Å². The lowest BCUT2D eigenvalue weighted by Gasteiger charge is -2.13. The van der Waals surface area contributed by atoms with Gasteiger partial charge in [-0.2, -0.15) is 11.8 Å². The largest absolute Gasteiger partial charge is 0.469 e. The zero-order chi connectivity index (χ0) is 96.7. The second-order valence-electron chi connectivity index (χ2n) is 24.5. The van der Waals surface area contributed by atoms with E-state index in [1.165, 1.54) is 80.7 Å². The minimum absolute atomic E-state index is 0.0300. The highest BCUT2D eigenvalue weighted by Crippen LogP contribution is 2.31. The van der Waals surface area contributed by atoms with Crippen LogP contribution in [0.5, 0.6) is 11.5 Å². The summed E-state index contributed by atoms with van der Waals surface area (Å²) in [5.41, 5.74) is 28.5. The summed E-state index contributed by atoms with van der Waals surface area (Å²) in [5.74, 6) is 10.5. The maximum absolute atomic E-state index is 11.3. The number of methoxy groups -OCH3 is 1. The van der Waals surface area contributed by atoms with Crippen LogP contribution >= 0.6 is 0 Å². The van der Waals surface area contributed by atoms with Crippen molar-refractivity contribution in [3.8, 4) is 11.5 Å². The number of esters is 1. The maximum atomic E-state index is 11.3. The molecule has 0 radical (unpaired) electrons. The van der Waals surface area contributed by atoms with Gasteiger partial charge in [-0.15, -0.1) is 0 Å². The molecule has 0 aliphatic carbocycles. The quantitative estimate of drug-likeness (QED) is 0.0162. The van der Waals surface area contributed by atoms with Gasteiger partial charge in [0.25, 0.3) is 0 Å². The van der Waals surface area contributed by atoms with Crippen LogP contribution in [-0.4, -0.2) is 42.6 Å². The standard InChI is InChI=1S/2C17H19NO.C16H18N2O3.C16H18N2O.C10H14N2O3.C6H12O2.11C2H6/c2*1-12-9-13(2)17(18-14(3)19)11-16(12)10-15-7-5-4-6-8-15;1-11-8-16(20-21-17)14(10-15(11)18-12(2)19)9-13-6-4-3-5-7-13;1-11-8-15(17)14(10-16(11)18-12(2)19)9-13-6-4-3-5-7-13;1-6-5-10(14-15-11)7(2)4-9(6)12-8(3)13;1-4-5(2)6(7)8-3;11*1-2/h2*4-9,11H,10H2,1-3H3,(H,18,19);3-8,10H,9,17H2,1-2H3,(H,18,19);3-8,10H,9,17H2,1-2H3,(H,18,19);4-5H,11H2,1-3H3,(H,12,13);5H,4H2,1-3H3;11*1-2H3. The van der Waals surface area contributed by atoms with Gasteiger partial charge in [-0.1, -0.05) is 310 Å². The van der Waals surface area contributed by atoms with Gasteiger partial charge < -0.3 is 46.8 Å². The monoisotopic (exact) mass is 1700 g/mol. The molecule has 0 aliphatic rings. The van der Waals surface area contributed by atoms with Gasteiger partial charge in [-0.05, 0) is 213 Å². The minimum Gasteiger partial charge on any atom is -0.469 e. The van der Waals surface area contributed by atoms with Gasteiger partial charge in [0, 0.05) is 80.7 Å². The van der Waals surface area contributed by atoms with Crippen molar-refractivity contribution in [2.75, 3.05) is 39.4 Å². The molecule has 0 fully saturated rings. The number of hydrogen-bond donors (Lipinski definition) is 8. The van der Waals surface area contributed by atoms with E-state index in [2.05, 4.69) is 116 Å². The molecular formula is C104H166N8O11. The van der Waals surface area contributed by atoms with E-state index in [1.54, 1.807) is 18.2 Å². The van der Waals surface area contributed by atoms with Crippen molar-refractivity contribution < 1.29 is 53.3 Å². The van der Waals surface area contributed by atoms with E-state index in [0.29, 0.717) is 17.9 Å². The van der Waals surface area contributed by atoms with E-state index in [4.69, 9.17) is 27.3 Å². The number of carbonyl (C=O) groups excluding carboxylic acids is 6. The van der Waals surface area contributed by atoms with Crippen molar-refractivity contribution in [3.63, 3.8) is 0 Å². The molecule has 19 nitrogen and oxygen atoms in total. The van der Waals surface area contributed by atoms with E-state index < -0.39 is 0 Å². The molecule has 0 saturated carbocycles. The molecule has 19 heteroatoms. The number of aryl methyl sites for hydroxylation is 8. The first-order valence-corrected chi connectivity index (χ1v) is 44.1. The first-order valence-electron chi connectivity index (χ1n) is 44.1. The molecule has 11 N–H and O–H groups in total. The highest BCUT2D eigenvalue weighted by molar-refractivity contribution is 5.92. The number of ether oxygens (including phenoxy) is 1. The fourth-order valence-corrected chi connectivity index (χ4v) is 10.3. The number of nitrogens with one attached hydrogen (secondary N) is 5. The first kappa shape index (κ1) is 128. The average molecular weight is 1700 g/mol. The lowest BCUT2D eigenvalue weighted by atomic mass is 9.97. The van der Waals surface area contributed by atoms with E-state index in [0.717, 1.165) is 110 Å². The van der Waals surface area contributed by atoms with Crippen molar-refractivity contribution in [1.82, 2.24) is 0 Å². The van der Waals surface area contributed by atoms with Gasteiger partial charge in [0.1, 0.15) is 0 Å². The Labute approximate surface area is 746 Å². The second kappa shape index (κ2) is 83.3. The van der Waals surface area contributed by atoms with Crippen LogP contribution in [0.25, 0.3) is 0 Å². The Bertz CT molecular complexity index is 3920. The molecular weight excluding hydrogens is 1540 g/mol. The molecule has 9 aromatic carbocycles. The Morgan fingerprint density at radius 3 is 0.789 bits per heavy atom. The van der Waals surface area contributed by atoms with Crippen LogP contribution < -0.4 is 53.9 Å². The summed E-state index contributed by atoms with van der Waals surface area (Å²) in [6.07, 6.45) is 4.04. The van der Waals surface area contributed by atoms with Crippen LogP contribution in [0.2, 0.25) is 0 Å². The molecule has 1 atom stereocenters. The lowest BCUT2D eigenvalue weighted by Crippen LogP contribution is -2.10. The third-order valence-corrected chi connectivity index (χ3v) is 15.8. The predicted octanol–water partition coefficient (Wildman–Crippen LogP) is 27.5. The Morgan fingerprint density at radius 2 is 0.528 bits per heavy atom. The fraction of sp³-hybridized carbons (Fsp3) is 0.423. The van der Waals surface area contributed by atoms with Gasteiger partial charge in [0.15, 0.2) is 11.5 Å². The number of anilines is 6. The van der Waals surface area contributed by atoms with Crippen LogP contribution in [0.15, 0.2) is 182 Å². The number of carbonyl (C=O) groups is 6. The summed E-state index contributed by atoms with van der Waals surface area (Å²) < 4.78 is 4.46. The molecule has 0 bridgehead atoms. The van der Waals surface area contributed by atoms with Crippen LogP contribution in [0.4, 0.5) is 34.1 Å². The number of hydrogen-bond acceptors (Lipinski definition) is 14. The van der Waals surface area contributed by atoms with Crippen molar-refractivity contribution >= 4 is 69.6 Å². The van der Waals surface area contributed by atoms with Gasteiger partial charge in [0.2, 0.25) is 29.5 Å². The van der Waals surface area contributed by atoms with Gasteiger partial charge in [-0.3, -0.25) is 28.8 Å². The average Bonchev–Trinajstić information content (AvgIpc) is 0.855. The maximum Gasteiger partial charge on any atom is 0.308 e. The van der Waals surface area contributed by atoms with Crippen molar-refractivity contribution in [1.29, 1.82) is 0 Å². The Kier molecular flexibility index (Phi) is 86.4. The molecule has 1 unspecified atom stereocenters. The SMILES string of the molecule is CC.CC.CC.CC.CC.CC.CC.CC.CC.CC.CC.CC(=O)Nc1cc(C)c(OON)cc1C.CC(=O)Nc1cc(Cc2ccccc2)c(C)cc1C.CC(=O)Nc1cc(Cc2ccccc2)c(C)cc1C.CC(=O)Nc1cc(Cc2ccccc2)c(N)cc1C.CC(=O)Nc1cc(Cc2ccccc2)c(OON)cc1C.CCC(C)C(=O)OC. The van der Waals surface area contributed by atoms with Crippen molar-refractivity contribution in [2.24, 2.45) is 17.7 Å². The van der Waals surface area contributed by atoms with E-state index >= 15 is 0 Å². The summed E-state index contributed by atoms with van der Waals surface area (Å²) >= 11 is 0. The zero-order valence-electron chi connectivity index (χ0n) is 83.2. The topological polar surface area (TPSA) is 287 Å². The molecule has 0 saturated heterocycles. The minimum atomic E-state index is -0.118. The lowest BCUT2D eigenvalue weighted by molar-refractivity contribution is -0.211. The second-order valence-corrected chi connectivity index (χ2v) is 24.5. The molecule has 688 valence electrons. The van der Waals surface area contributed by atoms with Crippen LogP contribution in [0.3, 0.4) is 0 Å². The number of nitrogen functional groups attached to an aromatic ring is 1. The molecule has 9 rings (SSSR count). The Balaban J connectivity index is -0.000000208. The normalized spacial score (nSPS) is 9.07. The molecule has 5 amide bonds. The number of amides is 5. The van der Waals surface area contributed by atoms with Gasteiger partial charge in [-0.25, -0.2) is 0 Å². The highest BCUT2D eigenvalue weighted by atomic mass is 17.3. The number of nitrogens with two attached hydrogens (primary N) is 3. The summed E-state index contributed by atoms with van der Waals surface area (Å²) in [6, 6.07) is 60.3.